The zero-order chi connectivity index (χ0) is 19.5. The van der Waals surface area contributed by atoms with Crippen LogP contribution in [0.3, 0.4) is 0 Å². The maximum atomic E-state index is 13.2. The Kier molecular flexibility index (Phi) is 5.64. The van der Waals surface area contributed by atoms with Gasteiger partial charge in [0.25, 0.3) is 0 Å². The van der Waals surface area contributed by atoms with Crippen LogP contribution < -0.4 is 0 Å². The lowest BCUT2D eigenvalue weighted by molar-refractivity contribution is -0.149. The molecule has 2 unspecified atom stereocenters. The van der Waals surface area contributed by atoms with Gasteiger partial charge in [0.15, 0.2) is 0 Å². The second-order valence-electron chi connectivity index (χ2n) is 8.24. The predicted octanol–water partition coefficient (Wildman–Crippen LogP) is 2.04. The summed E-state index contributed by atoms with van der Waals surface area (Å²) in [5, 5.41) is 0. The first-order valence-electron chi connectivity index (χ1n) is 10.5. The third kappa shape index (κ3) is 3.91. The molecule has 0 N–H and O–H groups in total. The molecule has 0 aliphatic carbocycles. The van der Waals surface area contributed by atoms with E-state index >= 15 is 0 Å². The summed E-state index contributed by atoms with van der Waals surface area (Å²) >= 11 is 0. The molecule has 3 saturated heterocycles. The molecule has 6 heteroatoms. The summed E-state index contributed by atoms with van der Waals surface area (Å²) in [4.78, 5) is 44.2. The summed E-state index contributed by atoms with van der Waals surface area (Å²) in [6.07, 6.45) is 5.03. The number of benzene rings is 1. The lowest BCUT2D eigenvalue weighted by Crippen LogP contribution is -2.54. The molecule has 4 rings (SSSR count). The van der Waals surface area contributed by atoms with E-state index in [0.717, 1.165) is 50.8 Å². The van der Waals surface area contributed by atoms with Crippen molar-refractivity contribution in [3.63, 3.8) is 0 Å². The molecule has 0 bridgehead atoms. The molecule has 3 amide bonds. The first kappa shape index (κ1) is 19.0. The Bertz CT molecular complexity index is 730. The third-order valence-corrected chi connectivity index (χ3v) is 6.27. The summed E-state index contributed by atoms with van der Waals surface area (Å²) in [7, 11) is 0. The number of piperidine rings is 1. The van der Waals surface area contributed by atoms with Crippen molar-refractivity contribution in [1.82, 2.24) is 14.7 Å². The molecule has 0 saturated carbocycles. The van der Waals surface area contributed by atoms with E-state index in [1.807, 2.05) is 35.2 Å². The number of likely N-dealkylation sites (tertiary alicyclic amines) is 3. The molecule has 1 aromatic carbocycles. The molecule has 1 aromatic rings. The molecule has 6 nitrogen and oxygen atoms in total. The van der Waals surface area contributed by atoms with E-state index in [2.05, 4.69) is 0 Å². The van der Waals surface area contributed by atoms with Crippen molar-refractivity contribution in [3.8, 4) is 0 Å². The Morgan fingerprint density at radius 1 is 0.929 bits per heavy atom. The first-order chi connectivity index (χ1) is 13.6. The summed E-state index contributed by atoms with van der Waals surface area (Å²) < 4.78 is 0. The number of carbonyl (C=O) groups is 3. The van der Waals surface area contributed by atoms with E-state index in [1.54, 1.807) is 9.80 Å². The molecule has 0 spiro atoms. The lowest BCUT2D eigenvalue weighted by atomic mass is 9.97. The first-order valence-corrected chi connectivity index (χ1v) is 10.5. The fourth-order valence-electron chi connectivity index (χ4n) is 4.73. The van der Waals surface area contributed by atoms with Gasteiger partial charge in [0.1, 0.15) is 6.04 Å². The minimum atomic E-state index is -0.336. The fourth-order valence-corrected chi connectivity index (χ4v) is 4.73. The van der Waals surface area contributed by atoms with Gasteiger partial charge in [0.2, 0.25) is 17.7 Å². The highest BCUT2D eigenvalue weighted by atomic mass is 16.2. The van der Waals surface area contributed by atoms with Crippen molar-refractivity contribution >= 4 is 17.7 Å². The Balaban J connectivity index is 1.42. The van der Waals surface area contributed by atoms with E-state index in [4.69, 9.17) is 0 Å². The molecule has 0 aromatic heterocycles. The normalized spacial score (nSPS) is 25.4. The van der Waals surface area contributed by atoms with Crippen LogP contribution in [0.25, 0.3) is 0 Å². The number of hydrogen-bond donors (Lipinski definition) is 0. The molecular weight excluding hydrogens is 354 g/mol. The molecule has 2 atom stereocenters. The smallest absolute Gasteiger partial charge is 0.245 e. The molecule has 3 aliphatic heterocycles. The van der Waals surface area contributed by atoms with Crippen LogP contribution in [-0.2, 0) is 20.9 Å². The number of carbonyl (C=O) groups excluding carboxylic acids is 3. The average molecular weight is 383 g/mol. The second-order valence-corrected chi connectivity index (χ2v) is 8.24. The highest BCUT2D eigenvalue weighted by Crippen LogP contribution is 2.27. The summed E-state index contributed by atoms with van der Waals surface area (Å²) in [6, 6.07) is 9.53. The monoisotopic (exact) mass is 383 g/mol. The van der Waals surface area contributed by atoms with Crippen LogP contribution in [0, 0.1) is 5.92 Å². The van der Waals surface area contributed by atoms with Gasteiger partial charge in [-0.2, -0.15) is 0 Å². The standard InChI is InChI=1S/C22H29N3O3/c26-20-14-18(16-24(20)15-17-8-2-1-3-9-17)21(27)25-13-5-4-10-19(25)22(28)23-11-6-7-12-23/h1-3,8-9,18-19H,4-7,10-16H2. The highest BCUT2D eigenvalue weighted by Gasteiger charge is 2.41. The average Bonchev–Trinajstić information content (AvgIpc) is 3.38. The predicted molar refractivity (Wildman–Crippen MR) is 105 cm³/mol. The lowest BCUT2D eigenvalue weighted by Gasteiger charge is -2.38. The van der Waals surface area contributed by atoms with E-state index in [0.29, 0.717) is 19.6 Å². The van der Waals surface area contributed by atoms with Crippen molar-refractivity contribution in [1.29, 1.82) is 0 Å². The largest absolute Gasteiger partial charge is 0.341 e. The number of rotatable bonds is 4. The van der Waals surface area contributed by atoms with Crippen molar-refractivity contribution in [2.75, 3.05) is 26.2 Å². The van der Waals surface area contributed by atoms with E-state index in [-0.39, 0.29) is 36.1 Å². The Morgan fingerprint density at radius 2 is 1.64 bits per heavy atom. The topological polar surface area (TPSA) is 60.9 Å². The van der Waals surface area contributed by atoms with Gasteiger partial charge in [-0.25, -0.2) is 0 Å². The Hall–Kier alpha value is -2.37. The van der Waals surface area contributed by atoms with Crippen LogP contribution >= 0.6 is 0 Å². The molecule has 0 radical (unpaired) electrons. The highest BCUT2D eigenvalue weighted by molar-refractivity contribution is 5.93. The van der Waals surface area contributed by atoms with Gasteiger partial charge in [-0.15, -0.1) is 0 Å². The van der Waals surface area contributed by atoms with Crippen molar-refractivity contribution in [2.45, 2.75) is 51.1 Å². The van der Waals surface area contributed by atoms with Crippen molar-refractivity contribution in [3.05, 3.63) is 35.9 Å². The van der Waals surface area contributed by atoms with Gasteiger partial charge in [-0.05, 0) is 37.7 Å². The maximum Gasteiger partial charge on any atom is 0.245 e. The number of hydrogen-bond acceptors (Lipinski definition) is 3. The molecule has 3 fully saturated rings. The molecule has 3 aliphatic rings. The second kappa shape index (κ2) is 8.33. The van der Waals surface area contributed by atoms with Crippen molar-refractivity contribution < 1.29 is 14.4 Å². The fraction of sp³-hybridized carbons (Fsp3) is 0.591. The molecule has 150 valence electrons. The Morgan fingerprint density at radius 3 is 2.39 bits per heavy atom. The van der Waals surface area contributed by atoms with Gasteiger partial charge >= 0.3 is 0 Å². The summed E-state index contributed by atoms with van der Waals surface area (Å²) in [5.74, 6) is -0.206. The number of nitrogens with zero attached hydrogens (tertiary/aromatic N) is 3. The van der Waals surface area contributed by atoms with Crippen LogP contribution in [0.4, 0.5) is 0 Å². The zero-order valence-corrected chi connectivity index (χ0v) is 16.4. The van der Waals surface area contributed by atoms with Crippen LogP contribution in [0.15, 0.2) is 30.3 Å². The summed E-state index contributed by atoms with van der Waals surface area (Å²) in [6.45, 7) is 3.24. The van der Waals surface area contributed by atoms with E-state index < -0.39 is 0 Å². The molecule has 28 heavy (non-hydrogen) atoms. The van der Waals surface area contributed by atoms with Crippen LogP contribution in [0.2, 0.25) is 0 Å². The Labute approximate surface area is 166 Å². The van der Waals surface area contributed by atoms with E-state index in [1.165, 1.54) is 0 Å². The van der Waals surface area contributed by atoms with Crippen LogP contribution in [0.1, 0.15) is 44.1 Å². The van der Waals surface area contributed by atoms with Gasteiger partial charge in [0.05, 0.1) is 5.92 Å². The molecule has 3 heterocycles. The van der Waals surface area contributed by atoms with Crippen LogP contribution in [-0.4, -0.2) is 64.6 Å². The minimum Gasteiger partial charge on any atom is -0.341 e. The van der Waals surface area contributed by atoms with Crippen molar-refractivity contribution in [2.24, 2.45) is 5.92 Å². The SMILES string of the molecule is O=C1CC(C(=O)N2CCCCC2C(=O)N2CCCC2)CN1Cc1ccccc1. The third-order valence-electron chi connectivity index (χ3n) is 6.27. The van der Waals surface area contributed by atoms with Gasteiger partial charge in [-0.1, -0.05) is 30.3 Å². The van der Waals surface area contributed by atoms with Gasteiger partial charge in [0, 0.05) is 39.1 Å². The van der Waals surface area contributed by atoms with Gasteiger partial charge in [-0.3, -0.25) is 14.4 Å². The van der Waals surface area contributed by atoms with Crippen LogP contribution in [0.5, 0.6) is 0 Å². The summed E-state index contributed by atoms with van der Waals surface area (Å²) in [5.41, 5.74) is 1.07. The quantitative estimate of drug-likeness (QED) is 0.799. The maximum absolute atomic E-state index is 13.2. The number of amides is 3. The zero-order valence-electron chi connectivity index (χ0n) is 16.4. The minimum absolute atomic E-state index is 0.0128. The molecular formula is C22H29N3O3. The van der Waals surface area contributed by atoms with E-state index in [9.17, 15) is 14.4 Å². The van der Waals surface area contributed by atoms with Gasteiger partial charge < -0.3 is 14.7 Å².